The van der Waals surface area contributed by atoms with Crippen LogP contribution in [0.15, 0.2) is 36.4 Å². The third-order valence-electron chi connectivity index (χ3n) is 3.35. The van der Waals surface area contributed by atoms with Crippen LogP contribution in [-0.2, 0) is 4.74 Å². The van der Waals surface area contributed by atoms with Crippen molar-refractivity contribution in [3.05, 3.63) is 69.0 Å². The van der Waals surface area contributed by atoms with Gasteiger partial charge in [-0.05, 0) is 37.6 Å². The number of carbonyl (C=O) groups is 2. The molecule has 0 aliphatic carbocycles. The number of carbonyl (C=O) groups excluding carboxylic acids is 2. The third kappa shape index (κ3) is 4.37. The Kier molecular flexibility index (Phi) is 5.43. The maximum Gasteiger partial charge on any atom is 0.338 e. The summed E-state index contributed by atoms with van der Waals surface area (Å²) in [7, 11) is 0. The van der Waals surface area contributed by atoms with Gasteiger partial charge in [0, 0.05) is 23.4 Å². The number of benzene rings is 2. The zero-order chi connectivity index (χ0) is 18.6. The third-order valence-corrected chi connectivity index (χ3v) is 3.35. The van der Waals surface area contributed by atoms with E-state index in [1.54, 1.807) is 13.8 Å². The molecule has 0 heterocycles. The molecule has 0 aromatic heterocycles. The summed E-state index contributed by atoms with van der Waals surface area (Å²) in [6.07, 6.45) is 0. The van der Waals surface area contributed by atoms with Crippen LogP contribution in [0, 0.1) is 22.9 Å². The molecule has 25 heavy (non-hydrogen) atoms. The summed E-state index contributed by atoms with van der Waals surface area (Å²) in [4.78, 5) is 34.5. The number of halogens is 1. The Balaban J connectivity index is 2.39. The molecule has 0 radical (unpaired) electrons. The SMILES string of the molecule is CCOC(=O)c1cc(C(=O)Nc2cc(F)ccc2C)cc([N+](=O)[O-])c1. The molecule has 8 heteroatoms. The van der Waals surface area contributed by atoms with Gasteiger partial charge in [0.05, 0.1) is 17.1 Å². The van der Waals surface area contributed by atoms with Crippen molar-refractivity contribution in [3.8, 4) is 0 Å². The number of anilines is 1. The molecule has 0 saturated heterocycles. The highest BCUT2D eigenvalue weighted by atomic mass is 19.1. The average molecular weight is 346 g/mol. The van der Waals surface area contributed by atoms with Gasteiger partial charge in [0.15, 0.2) is 0 Å². The number of hydrogen-bond donors (Lipinski definition) is 1. The van der Waals surface area contributed by atoms with Crippen molar-refractivity contribution in [2.75, 3.05) is 11.9 Å². The van der Waals surface area contributed by atoms with Crippen LogP contribution in [0.3, 0.4) is 0 Å². The number of ether oxygens (including phenoxy) is 1. The molecule has 7 nitrogen and oxygen atoms in total. The van der Waals surface area contributed by atoms with Crippen LogP contribution in [0.1, 0.15) is 33.2 Å². The van der Waals surface area contributed by atoms with Crippen molar-refractivity contribution in [1.29, 1.82) is 0 Å². The molecule has 0 aliphatic rings. The van der Waals surface area contributed by atoms with E-state index in [0.29, 0.717) is 5.56 Å². The normalized spacial score (nSPS) is 10.2. The first kappa shape index (κ1) is 18.1. The lowest BCUT2D eigenvalue weighted by Gasteiger charge is -2.09. The van der Waals surface area contributed by atoms with Gasteiger partial charge in [-0.15, -0.1) is 0 Å². The predicted molar refractivity (Wildman–Crippen MR) is 88.1 cm³/mol. The zero-order valence-electron chi connectivity index (χ0n) is 13.5. The fourth-order valence-electron chi connectivity index (χ4n) is 2.10. The number of amides is 1. The molecule has 0 fully saturated rings. The van der Waals surface area contributed by atoms with Crippen molar-refractivity contribution in [3.63, 3.8) is 0 Å². The molecule has 0 saturated carbocycles. The second kappa shape index (κ2) is 7.52. The summed E-state index contributed by atoms with van der Waals surface area (Å²) in [5.74, 6) is -2.02. The molecule has 2 aromatic carbocycles. The Hall–Kier alpha value is -3.29. The fraction of sp³-hybridized carbons (Fsp3) is 0.176. The molecular formula is C17H15FN2O5. The Bertz CT molecular complexity index is 851. The molecule has 0 unspecified atom stereocenters. The largest absolute Gasteiger partial charge is 0.462 e. The quantitative estimate of drug-likeness (QED) is 0.508. The highest BCUT2D eigenvalue weighted by molar-refractivity contribution is 6.06. The molecule has 1 N–H and O–H groups in total. The smallest absolute Gasteiger partial charge is 0.338 e. The van der Waals surface area contributed by atoms with Gasteiger partial charge in [0.2, 0.25) is 0 Å². The highest BCUT2D eigenvalue weighted by Crippen LogP contribution is 2.21. The number of rotatable bonds is 5. The molecule has 0 spiro atoms. The Labute approximate surface area is 142 Å². The lowest BCUT2D eigenvalue weighted by Crippen LogP contribution is -2.15. The molecule has 2 rings (SSSR count). The van der Waals surface area contributed by atoms with Crippen LogP contribution < -0.4 is 5.32 Å². The molecule has 0 bridgehead atoms. The first-order chi connectivity index (χ1) is 11.8. The van der Waals surface area contributed by atoms with Crippen LogP contribution in [-0.4, -0.2) is 23.4 Å². The molecule has 2 aromatic rings. The Morgan fingerprint density at radius 2 is 1.88 bits per heavy atom. The number of esters is 1. The summed E-state index contributed by atoms with van der Waals surface area (Å²) in [6.45, 7) is 3.35. The van der Waals surface area contributed by atoms with Crippen molar-refractivity contribution in [1.82, 2.24) is 0 Å². The number of nitro groups is 1. The summed E-state index contributed by atoms with van der Waals surface area (Å²) in [5, 5.41) is 13.5. The van der Waals surface area contributed by atoms with E-state index in [0.717, 1.165) is 18.2 Å². The van der Waals surface area contributed by atoms with E-state index in [1.165, 1.54) is 18.2 Å². The van der Waals surface area contributed by atoms with E-state index in [-0.39, 0.29) is 23.4 Å². The van der Waals surface area contributed by atoms with Gasteiger partial charge < -0.3 is 10.1 Å². The van der Waals surface area contributed by atoms with Crippen LogP contribution in [0.25, 0.3) is 0 Å². The van der Waals surface area contributed by atoms with E-state index in [4.69, 9.17) is 4.74 Å². The zero-order valence-corrected chi connectivity index (χ0v) is 13.5. The molecule has 0 atom stereocenters. The van der Waals surface area contributed by atoms with Crippen LogP contribution >= 0.6 is 0 Å². The fourth-order valence-corrected chi connectivity index (χ4v) is 2.10. The first-order valence-corrected chi connectivity index (χ1v) is 7.36. The number of non-ortho nitro benzene ring substituents is 1. The number of hydrogen-bond acceptors (Lipinski definition) is 5. The lowest BCUT2D eigenvalue weighted by atomic mass is 10.1. The number of nitrogens with zero attached hydrogens (tertiary/aromatic N) is 1. The number of nitrogens with one attached hydrogen (secondary N) is 1. The minimum atomic E-state index is -0.776. The highest BCUT2D eigenvalue weighted by Gasteiger charge is 2.19. The summed E-state index contributed by atoms with van der Waals surface area (Å²) >= 11 is 0. The van der Waals surface area contributed by atoms with Crippen molar-refractivity contribution < 1.29 is 23.6 Å². The second-order valence-corrected chi connectivity index (χ2v) is 5.16. The van der Waals surface area contributed by atoms with Gasteiger partial charge in [-0.2, -0.15) is 0 Å². The summed E-state index contributed by atoms with van der Waals surface area (Å²) in [6, 6.07) is 7.13. The van der Waals surface area contributed by atoms with E-state index >= 15 is 0 Å². The van der Waals surface area contributed by atoms with Crippen molar-refractivity contribution in [2.45, 2.75) is 13.8 Å². The molecule has 1 amide bonds. The van der Waals surface area contributed by atoms with Crippen LogP contribution in [0.5, 0.6) is 0 Å². The van der Waals surface area contributed by atoms with Crippen LogP contribution in [0.4, 0.5) is 15.8 Å². The monoisotopic (exact) mass is 346 g/mol. The van der Waals surface area contributed by atoms with E-state index in [9.17, 15) is 24.1 Å². The van der Waals surface area contributed by atoms with E-state index < -0.39 is 28.3 Å². The van der Waals surface area contributed by atoms with Crippen molar-refractivity contribution in [2.24, 2.45) is 0 Å². The van der Waals surface area contributed by atoms with Gasteiger partial charge in [0.1, 0.15) is 5.82 Å². The Morgan fingerprint density at radius 3 is 2.52 bits per heavy atom. The number of nitro benzene ring substituents is 1. The topological polar surface area (TPSA) is 98.5 Å². The molecule has 0 aliphatic heterocycles. The van der Waals surface area contributed by atoms with Gasteiger partial charge in [-0.3, -0.25) is 14.9 Å². The van der Waals surface area contributed by atoms with E-state index in [2.05, 4.69) is 5.32 Å². The maximum absolute atomic E-state index is 13.3. The first-order valence-electron chi connectivity index (χ1n) is 7.36. The summed E-state index contributed by atoms with van der Waals surface area (Å²) < 4.78 is 18.1. The van der Waals surface area contributed by atoms with Gasteiger partial charge in [-0.1, -0.05) is 6.07 Å². The van der Waals surface area contributed by atoms with Gasteiger partial charge >= 0.3 is 5.97 Å². The van der Waals surface area contributed by atoms with E-state index in [1.807, 2.05) is 0 Å². The van der Waals surface area contributed by atoms with Gasteiger partial charge in [-0.25, -0.2) is 9.18 Å². The Morgan fingerprint density at radius 1 is 1.20 bits per heavy atom. The lowest BCUT2D eigenvalue weighted by molar-refractivity contribution is -0.384. The minimum Gasteiger partial charge on any atom is -0.462 e. The predicted octanol–water partition coefficient (Wildman–Crippen LogP) is 3.47. The standard InChI is InChI=1S/C17H15FN2O5/c1-3-25-17(22)12-6-11(7-14(8-12)20(23)24)16(21)19-15-9-13(18)5-4-10(15)2/h4-9H,3H2,1-2H3,(H,19,21). The second-order valence-electron chi connectivity index (χ2n) is 5.16. The summed E-state index contributed by atoms with van der Waals surface area (Å²) in [5.41, 5.74) is 0.199. The minimum absolute atomic E-state index is 0.0888. The number of aryl methyl sites for hydroxylation is 1. The average Bonchev–Trinajstić information content (AvgIpc) is 2.57. The molecular weight excluding hydrogens is 331 g/mol. The van der Waals surface area contributed by atoms with Gasteiger partial charge in [0.25, 0.3) is 11.6 Å². The van der Waals surface area contributed by atoms with Crippen LogP contribution in [0.2, 0.25) is 0 Å². The van der Waals surface area contributed by atoms with Crippen molar-refractivity contribution >= 4 is 23.3 Å². The molecule has 130 valence electrons. The maximum atomic E-state index is 13.3.